The molecule has 6 nitrogen and oxygen atoms in total. The van der Waals surface area contributed by atoms with Gasteiger partial charge in [0.05, 0.1) is 20.3 Å². The van der Waals surface area contributed by atoms with Crippen molar-refractivity contribution in [3.8, 4) is 11.5 Å². The number of ether oxygens (including phenoxy) is 3. The predicted octanol–water partition coefficient (Wildman–Crippen LogP) is 1.56. The zero-order chi connectivity index (χ0) is 17.8. The van der Waals surface area contributed by atoms with Crippen molar-refractivity contribution in [1.29, 1.82) is 0 Å². The van der Waals surface area contributed by atoms with Crippen molar-refractivity contribution < 1.29 is 19.0 Å². The lowest BCUT2D eigenvalue weighted by atomic mass is 10.0. The van der Waals surface area contributed by atoms with Gasteiger partial charge in [0.25, 0.3) is 5.91 Å². The smallest absolute Gasteiger partial charge is 0.260 e. The highest BCUT2D eigenvalue weighted by atomic mass is 16.5. The minimum Gasteiger partial charge on any atom is -0.493 e. The zero-order valence-corrected chi connectivity index (χ0v) is 15.4. The molecule has 3 rings (SSSR count). The van der Waals surface area contributed by atoms with E-state index in [0.29, 0.717) is 23.5 Å². The maximum atomic E-state index is 12.6. The van der Waals surface area contributed by atoms with Crippen molar-refractivity contribution in [2.24, 2.45) is 5.92 Å². The van der Waals surface area contributed by atoms with Crippen LogP contribution < -0.4 is 9.47 Å². The third kappa shape index (κ3) is 4.25. The molecule has 1 aromatic rings. The third-order valence-electron chi connectivity index (χ3n) is 5.11. The Morgan fingerprint density at radius 1 is 1.24 bits per heavy atom. The molecule has 0 saturated carbocycles. The number of aryl methyl sites for hydroxylation is 1. The molecule has 0 aliphatic carbocycles. The van der Waals surface area contributed by atoms with Gasteiger partial charge >= 0.3 is 0 Å². The fourth-order valence-corrected chi connectivity index (χ4v) is 3.66. The van der Waals surface area contributed by atoms with Gasteiger partial charge in [-0.05, 0) is 30.5 Å². The van der Waals surface area contributed by atoms with Gasteiger partial charge < -0.3 is 19.1 Å². The van der Waals surface area contributed by atoms with Gasteiger partial charge in [-0.3, -0.25) is 9.69 Å². The predicted molar refractivity (Wildman–Crippen MR) is 95.2 cm³/mol. The summed E-state index contributed by atoms with van der Waals surface area (Å²) < 4.78 is 16.5. The Labute approximate surface area is 149 Å². The molecule has 6 heteroatoms. The molecule has 2 saturated heterocycles. The number of likely N-dealkylation sites (tertiary alicyclic amines) is 1. The van der Waals surface area contributed by atoms with Gasteiger partial charge in [0.2, 0.25) is 0 Å². The van der Waals surface area contributed by atoms with Gasteiger partial charge in [-0.15, -0.1) is 0 Å². The molecule has 1 amide bonds. The Hall–Kier alpha value is -1.79. The van der Waals surface area contributed by atoms with E-state index in [9.17, 15) is 4.79 Å². The van der Waals surface area contributed by atoms with Crippen molar-refractivity contribution in [2.75, 3.05) is 53.1 Å². The van der Waals surface area contributed by atoms with Crippen molar-refractivity contribution in [3.63, 3.8) is 0 Å². The number of hydrogen-bond acceptors (Lipinski definition) is 5. The maximum Gasteiger partial charge on any atom is 0.260 e. The van der Waals surface area contributed by atoms with Crippen molar-refractivity contribution in [3.05, 3.63) is 23.8 Å². The normalized spacial score (nSPS) is 24.4. The van der Waals surface area contributed by atoms with Crippen LogP contribution in [0.25, 0.3) is 0 Å². The number of hydrogen-bond donors (Lipinski definition) is 0. The van der Waals surface area contributed by atoms with Gasteiger partial charge in [0.1, 0.15) is 0 Å². The average molecular weight is 348 g/mol. The van der Waals surface area contributed by atoms with E-state index in [-0.39, 0.29) is 12.5 Å². The van der Waals surface area contributed by atoms with Gasteiger partial charge in [-0.1, -0.05) is 13.0 Å². The van der Waals surface area contributed by atoms with Crippen LogP contribution in [-0.4, -0.2) is 74.9 Å². The van der Waals surface area contributed by atoms with Crippen molar-refractivity contribution >= 4 is 5.91 Å². The average Bonchev–Trinajstić information content (AvgIpc) is 3.03. The van der Waals surface area contributed by atoms with Crippen LogP contribution in [0.3, 0.4) is 0 Å². The number of morpholine rings is 1. The van der Waals surface area contributed by atoms with Crippen LogP contribution in [0.5, 0.6) is 11.5 Å². The first-order chi connectivity index (χ1) is 12.1. The second kappa shape index (κ2) is 8.06. The van der Waals surface area contributed by atoms with Crippen LogP contribution in [0, 0.1) is 12.8 Å². The SMILES string of the molecule is COc1cc(C)ccc1OCC(=O)N1C[C@H](C)[C@@H](N2CCOCC2)C1. The summed E-state index contributed by atoms with van der Waals surface area (Å²) in [4.78, 5) is 16.9. The quantitative estimate of drug-likeness (QED) is 0.808. The topological polar surface area (TPSA) is 51.2 Å². The number of rotatable bonds is 5. The lowest BCUT2D eigenvalue weighted by molar-refractivity contribution is -0.132. The summed E-state index contributed by atoms with van der Waals surface area (Å²) in [7, 11) is 1.61. The Morgan fingerprint density at radius 3 is 2.72 bits per heavy atom. The van der Waals surface area contributed by atoms with E-state index in [1.807, 2.05) is 30.0 Å². The van der Waals surface area contributed by atoms with E-state index < -0.39 is 0 Å². The van der Waals surface area contributed by atoms with Crippen LogP contribution in [0.15, 0.2) is 18.2 Å². The second-order valence-electron chi connectivity index (χ2n) is 6.93. The molecule has 0 N–H and O–H groups in total. The molecule has 0 bridgehead atoms. The van der Waals surface area contributed by atoms with Crippen LogP contribution in [0.1, 0.15) is 12.5 Å². The zero-order valence-electron chi connectivity index (χ0n) is 15.4. The number of benzene rings is 1. The largest absolute Gasteiger partial charge is 0.493 e. The van der Waals surface area contributed by atoms with Crippen LogP contribution in [0.4, 0.5) is 0 Å². The fourth-order valence-electron chi connectivity index (χ4n) is 3.66. The summed E-state index contributed by atoms with van der Waals surface area (Å²) in [5.74, 6) is 1.77. The monoisotopic (exact) mass is 348 g/mol. The molecule has 2 fully saturated rings. The third-order valence-corrected chi connectivity index (χ3v) is 5.11. The molecule has 0 unspecified atom stereocenters. The number of amides is 1. The van der Waals surface area contributed by atoms with Gasteiger partial charge in [-0.25, -0.2) is 0 Å². The molecule has 2 aliphatic rings. The Bertz CT molecular complexity index is 601. The summed E-state index contributed by atoms with van der Waals surface area (Å²) in [6.45, 7) is 9.29. The molecule has 25 heavy (non-hydrogen) atoms. The van der Waals surface area contributed by atoms with Gasteiger partial charge in [0, 0.05) is 32.2 Å². The molecule has 138 valence electrons. The Balaban J connectivity index is 1.55. The van der Waals surface area contributed by atoms with Crippen LogP contribution in [-0.2, 0) is 9.53 Å². The summed E-state index contributed by atoms with van der Waals surface area (Å²) in [5, 5.41) is 0. The first kappa shape index (κ1) is 18.0. The number of carbonyl (C=O) groups excluding carboxylic acids is 1. The highest BCUT2D eigenvalue weighted by Crippen LogP contribution is 2.28. The first-order valence-electron chi connectivity index (χ1n) is 8.95. The van der Waals surface area contributed by atoms with E-state index in [2.05, 4.69) is 11.8 Å². The van der Waals surface area contributed by atoms with Crippen LogP contribution in [0.2, 0.25) is 0 Å². The summed E-state index contributed by atoms with van der Waals surface area (Å²) >= 11 is 0. The maximum absolute atomic E-state index is 12.6. The molecule has 0 aromatic heterocycles. The van der Waals surface area contributed by atoms with E-state index in [1.54, 1.807) is 7.11 Å². The molecule has 0 radical (unpaired) electrons. The van der Waals surface area contributed by atoms with E-state index >= 15 is 0 Å². The minimum atomic E-state index is 0.0326. The molecule has 1 aromatic carbocycles. The number of carbonyl (C=O) groups is 1. The Morgan fingerprint density at radius 2 is 2.00 bits per heavy atom. The summed E-state index contributed by atoms with van der Waals surface area (Å²) in [5.41, 5.74) is 1.09. The first-order valence-corrected chi connectivity index (χ1v) is 8.95. The standard InChI is InChI=1S/C19H28N2O4/c1-14-4-5-17(18(10-14)23-3)25-13-19(22)21-11-15(2)16(12-21)20-6-8-24-9-7-20/h4-5,10,15-16H,6-9,11-13H2,1-3H3/t15-,16-/m0/s1. The highest BCUT2D eigenvalue weighted by molar-refractivity contribution is 5.78. The minimum absolute atomic E-state index is 0.0326. The van der Waals surface area contributed by atoms with E-state index in [0.717, 1.165) is 45.0 Å². The molecule has 2 atom stereocenters. The molecule has 2 aliphatic heterocycles. The lowest BCUT2D eigenvalue weighted by Gasteiger charge is -2.33. The number of nitrogens with zero attached hydrogens (tertiary/aromatic N) is 2. The van der Waals surface area contributed by atoms with Gasteiger partial charge in [0.15, 0.2) is 18.1 Å². The van der Waals surface area contributed by atoms with Gasteiger partial charge in [-0.2, -0.15) is 0 Å². The highest BCUT2D eigenvalue weighted by Gasteiger charge is 2.36. The Kier molecular flexibility index (Phi) is 5.81. The molecule has 2 heterocycles. The second-order valence-corrected chi connectivity index (χ2v) is 6.93. The van der Waals surface area contributed by atoms with E-state index in [4.69, 9.17) is 14.2 Å². The number of methoxy groups -OCH3 is 1. The van der Waals surface area contributed by atoms with E-state index in [1.165, 1.54) is 0 Å². The van der Waals surface area contributed by atoms with Crippen molar-refractivity contribution in [1.82, 2.24) is 9.80 Å². The molecular formula is C19H28N2O4. The van der Waals surface area contributed by atoms with Crippen LogP contribution >= 0.6 is 0 Å². The lowest BCUT2D eigenvalue weighted by Crippen LogP contribution is -2.47. The molecular weight excluding hydrogens is 320 g/mol. The fraction of sp³-hybridized carbons (Fsp3) is 0.632. The summed E-state index contributed by atoms with van der Waals surface area (Å²) in [6, 6.07) is 6.13. The summed E-state index contributed by atoms with van der Waals surface area (Å²) in [6.07, 6.45) is 0. The molecule has 0 spiro atoms. The van der Waals surface area contributed by atoms with Crippen molar-refractivity contribution in [2.45, 2.75) is 19.9 Å².